The van der Waals surface area contributed by atoms with Gasteiger partial charge in [0.05, 0.1) is 0 Å². The molecule has 3 aromatic rings. The zero-order valence-corrected chi connectivity index (χ0v) is 14.4. The lowest BCUT2D eigenvalue weighted by atomic mass is 10.1. The molecule has 0 saturated carbocycles. The van der Waals surface area contributed by atoms with Crippen molar-refractivity contribution in [3.8, 4) is 0 Å². The molecule has 1 aromatic heterocycles. The smallest absolute Gasteiger partial charge is 0.258 e. The fraction of sp³-hybridized carbons (Fsp3) is 0.286. The molecule has 0 fully saturated rings. The van der Waals surface area contributed by atoms with Gasteiger partial charge in [0.2, 0.25) is 0 Å². The molecule has 0 atom stereocenters. The third kappa shape index (κ3) is 2.32. The Morgan fingerprint density at radius 2 is 1.88 bits per heavy atom. The Bertz CT molecular complexity index is 919. The van der Waals surface area contributed by atoms with Crippen molar-refractivity contribution in [3.05, 3.63) is 64.8 Å². The van der Waals surface area contributed by atoms with Crippen LogP contribution in [0.5, 0.6) is 0 Å². The molecule has 1 amide bonds. The number of benzene rings is 2. The summed E-state index contributed by atoms with van der Waals surface area (Å²) in [6.45, 7) is 7.17. The maximum atomic E-state index is 12.9. The number of H-pyrrole nitrogens is 1. The Hall–Kier alpha value is -2.55. The molecule has 0 aliphatic carbocycles. The lowest BCUT2D eigenvalue weighted by molar-refractivity contribution is 0.0989. The number of carbonyl (C=O) groups is 1. The molecule has 0 spiro atoms. The van der Waals surface area contributed by atoms with E-state index < -0.39 is 0 Å². The van der Waals surface area contributed by atoms with Crippen molar-refractivity contribution in [2.24, 2.45) is 0 Å². The molecule has 0 radical (unpaired) electrons. The zero-order valence-electron chi connectivity index (χ0n) is 14.4. The predicted octanol–water partition coefficient (Wildman–Crippen LogP) is 4.80. The molecule has 1 aliphatic rings. The highest BCUT2D eigenvalue weighted by molar-refractivity contribution is 6.09. The van der Waals surface area contributed by atoms with Crippen molar-refractivity contribution in [2.45, 2.75) is 33.1 Å². The van der Waals surface area contributed by atoms with Crippen LogP contribution >= 0.6 is 0 Å². The van der Waals surface area contributed by atoms with Crippen molar-refractivity contribution in [2.75, 3.05) is 11.4 Å². The number of hydrogen-bond donors (Lipinski definition) is 1. The van der Waals surface area contributed by atoms with Crippen LogP contribution in [0.1, 0.15) is 46.9 Å². The monoisotopic (exact) mass is 318 g/mol. The largest absolute Gasteiger partial charge is 0.358 e. The molecule has 0 bridgehead atoms. The Balaban J connectivity index is 1.74. The standard InChI is InChI=1S/C21H22N2O/c1-13(2)19-12-17-16-10-11-23(20(16)9-8-18(17)22-19)21(24)15-6-4-14(3)5-7-15/h4-9,12-13,22H,10-11H2,1-3H3. The Kier molecular flexibility index (Phi) is 3.45. The number of aromatic nitrogens is 1. The highest BCUT2D eigenvalue weighted by Crippen LogP contribution is 2.36. The molecule has 2 heterocycles. The van der Waals surface area contributed by atoms with E-state index in [2.05, 4.69) is 37.0 Å². The number of rotatable bonds is 2. The van der Waals surface area contributed by atoms with Crippen LogP contribution in [0.3, 0.4) is 0 Å². The van der Waals surface area contributed by atoms with Gasteiger partial charge in [-0.2, -0.15) is 0 Å². The van der Waals surface area contributed by atoms with Gasteiger partial charge >= 0.3 is 0 Å². The number of anilines is 1. The highest BCUT2D eigenvalue weighted by atomic mass is 16.2. The van der Waals surface area contributed by atoms with E-state index in [0.717, 1.165) is 24.2 Å². The molecular weight excluding hydrogens is 296 g/mol. The van der Waals surface area contributed by atoms with Crippen molar-refractivity contribution in [3.63, 3.8) is 0 Å². The van der Waals surface area contributed by atoms with Crippen molar-refractivity contribution in [1.29, 1.82) is 0 Å². The van der Waals surface area contributed by atoms with Crippen LogP contribution in [-0.4, -0.2) is 17.4 Å². The molecule has 122 valence electrons. The van der Waals surface area contributed by atoms with E-state index in [1.165, 1.54) is 27.7 Å². The van der Waals surface area contributed by atoms with Crippen molar-refractivity contribution >= 4 is 22.5 Å². The van der Waals surface area contributed by atoms with E-state index in [1.54, 1.807) is 0 Å². The van der Waals surface area contributed by atoms with Crippen molar-refractivity contribution < 1.29 is 4.79 Å². The first kappa shape index (κ1) is 15.0. The van der Waals surface area contributed by atoms with E-state index in [4.69, 9.17) is 0 Å². The molecule has 2 aromatic carbocycles. The van der Waals surface area contributed by atoms with Crippen LogP contribution in [-0.2, 0) is 6.42 Å². The van der Waals surface area contributed by atoms with Gasteiger partial charge in [0.15, 0.2) is 0 Å². The van der Waals surface area contributed by atoms with Gasteiger partial charge in [-0.05, 0) is 55.2 Å². The topological polar surface area (TPSA) is 36.1 Å². The molecule has 3 heteroatoms. The normalized spacial score (nSPS) is 13.8. The summed E-state index contributed by atoms with van der Waals surface area (Å²) in [5.74, 6) is 0.562. The SMILES string of the molecule is Cc1ccc(C(=O)N2CCc3c2ccc2[nH]c(C(C)C)cc32)cc1. The molecule has 0 saturated heterocycles. The lowest BCUT2D eigenvalue weighted by Gasteiger charge is -2.17. The van der Waals surface area contributed by atoms with Crippen molar-refractivity contribution in [1.82, 2.24) is 4.98 Å². The first-order valence-electron chi connectivity index (χ1n) is 8.57. The third-order valence-electron chi connectivity index (χ3n) is 4.95. The summed E-state index contributed by atoms with van der Waals surface area (Å²) in [5, 5.41) is 1.26. The van der Waals surface area contributed by atoms with Gasteiger partial charge in [-0.15, -0.1) is 0 Å². The van der Waals surface area contributed by atoms with Gasteiger partial charge in [0.1, 0.15) is 0 Å². The fourth-order valence-corrected chi connectivity index (χ4v) is 3.51. The minimum absolute atomic E-state index is 0.0905. The second-order valence-electron chi connectivity index (χ2n) is 6.98. The molecule has 1 aliphatic heterocycles. The van der Waals surface area contributed by atoms with Crippen LogP contribution in [0.4, 0.5) is 5.69 Å². The maximum Gasteiger partial charge on any atom is 0.258 e. The highest BCUT2D eigenvalue weighted by Gasteiger charge is 2.27. The second kappa shape index (κ2) is 5.52. The minimum atomic E-state index is 0.0905. The fourth-order valence-electron chi connectivity index (χ4n) is 3.51. The van der Waals surface area contributed by atoms with E-state index in [1.807, 2.05) is 36.1 Å². The first-order chi connectivity index (χ1) is 11.5. The molecule has 0 unspecified atom stereocenters. The van der Waals surface area contributed by atoms with E-state index >= 15 is 0 Å². The first-order valence-corrected chi connectivity index (χ1v) is 8.57. The number of amides is 1. The summed E-state index contributed by atoms with van der Waals surface area (Å²) >= 11 is 0. The average Bonchev–Trinajstić information content (AvgIpc) is 3.18. The minimum Gasteiger partial charge on any atom is -0.358 e. The summed E-state index contributed by atoms with van der Waals surface area (Å²) in [4.78, 5) is 18.3. The maximum absolute atomic E-state index is 12.9. The van der Waals surface area contributed by atoms with Crippen LogP contribution in [0.2, 0.25) is 0 Å². The zero-order chi connectivity index (χ0) is 16.8. The number of nitrogens with zero attached hydrogens (tertiary/aromatic N) is 1. The quantitative estimate of drug-likeness (QED) is 0.723. The number of nitrogens with one attached hydrogen (secondary N) is 1. The lowest BCUT2D eigenvalue weighted by Crippen LogP contribution is -2.28. The van der Waals surface area contributed by atoms with Gasteiger partial charge in [-0.25, -0.2) is 0 Å². The second-order valence-corrected chi connectivity index (χ2v) is 6.98. The summed E-state index contributed by atoms with van der Waals surface area (Å²) in [5.41, 5.74) is 6.69. The van der Waals surface area contributed by atoms with Crippen LogP contribution in [0.15, 0.2) is 42.5 Å². The summed E-state index contributed by atoms with van der Waals surface area (Å²) in [6, 6.07) is 14.3. The van der Waals surface area contributed by atoms with E-state index in [9.17, 15) is 4.79 Å². The van der Waals surface area contributed by atoms with Gasteiger partial charge in [-0.3, -0.25) is 4.79 Å². The Labute approximate surface area is 142 Å². The number of carbonyl (C=O) groups excluding carboxylic acids is 1. The summed E-state index contributed by atoms with van der Waals surface area (Å²) in [7, 11) is 0. The Morgan fingerprint density at radius 1 is 1.12 bits per heavy atom. The molecule has 24 heavy (non-hydrogen) atoms. The number of aromatic amines is 1. The summed E-state index contributed by atoms with van der Waals surface area (Å²) in [6.07, 6.45) is 0.916. The molecule has 3 nitrogen and oxygen atoms in total. The van der Waals surface area contributed by atoms with Crippen LogP contribution < -0.4 is 4.90 Å². The Morgan fingerprint density at radius 3 is 2.58 bits per heavy atom. The van der Waals surface area contributed by atoms with Crippen LogP contribution in [0.25, 0.3) is 10.9 Å². The number of hydrogen-bond acceptors (Lipinski definition) is 1. The van der Waals surface area contributed by atoms with E-state index in [-0.39, 0.29) is 5.91 Å². The van der Waals surface area contributed by atoms with Gasteiger partial charge < -0.3 is 9.88 Å². The molecular formula is C21H22N2O. The number of aryl methyl sites for hydroxylation is 1. The molecule has 1 N–H and O–H groups in total. The average molecular weight is 318 g/mol. The molecule has 4 rings (SSSR count). The summed E-state index contributed by atoms with van der Waals surface area (Å²) < 4.78 is 0. The predicted molar refractivity (Wildman–Crippen MR) is 98.9 cm³/mol. The van der Waals surface area contributed by atoms with Gasteiger partial charge in [0.25, 0.3) is 5.91 Å². The third-order valence-corrected chi connectivity index (χ3v) is 4.95. The van der Waals surface area contributed by atoms with Crippen LogP contribution in [0, 0.1) is 6.92 Å². The van der Waals surface area contributed by atoms with Gasteiger partial charge in [-0.1, -0.05) is 31.5 Å². The van der Waals surface area contributed by atoms with Gasteiger partial charge in [0, 0.05) is 34.4 Å². The number of fused-ring (bicyclic) bond motifs is 3. The van der Waals surface area contributed by atoms with E-state index in [0.29, 0.717) is 5.92 Å².